The number of aromatic nitrogens is 1. The van der Waals surface area contributed by atoms with Gasteiger partial charge in [-0.1, -0.05) is 35.5 Å². The van der Waals surface area contributed by atoms with Crippen molar-refractivity contribution in [3.8, 4) is 11.5 Å². The molecule has 0 spiro atoms. The van der Waals surface area contributed by atoms with E-state index in [2.05, 4.69) is 10.5 Å². The fourth-order valence-electron chi connectivity index (χ4n) is 4.77. The maximum atomic E-state index is 13.5. The quantitative estimate of drug-likeness (QED) is 0.619. The van der Waals surface area contributed by atoms with Crippen molar-refractivity contribution >= 4 is 11.7 Å². The molecule has 0 unspecified atom stereocenters. The number of carbonyl (C=O) groups is 1. The average molecular weight is 416 g/mol. The van der Waals surface area contributed by atoms with Crippen LogP contribution in [0.2, 0.25) is 0 Å². The van der Waals surface area contributed by atoms with Crippen LogP contribution in [0.1, 0.15) is 54.0 Å². The van der Waals surface area contributed by atoms with Crippen molar-refractivity contribution in [2.45, 2.75) is 38.5 Å². The number of aromatic hydroxyl groups is 1. The number of carbonyl (C=O) groups excluding carboxylic acids is 1. The molecular formula is C25H24N2O4. The molecule has 0 amide bonds. The zero-order valence-corrected chi connectivity index (χ0v) is 17.5. The summed E-state index contributed by atoms with van der Waals surface area (Å²) < 4.78 is 11.5. The van der Waals surface area contributed by atoms with Gasteiger partial charge in [-0.15, -0.1) is 0 Å². The first kappa shape index (κ1) is 19.4. The molecule has 6 heteroatoms. The van der Waals surface area contributed by atoms with E-state index in [1.165, 1.54) is 0 Å². The van der Waals surface area contributed by atoms with Gasteiger partial charge in [0.1, 0.15) is 11.5 Å². The van der Waals surface area contributed by atoms with Crippen molar-refractivity contribution in [2.24, 2.45) is 0 Å². The number of anilines is 1. The van der Waals surface area contributed by atoms with Crippen molar-refractivity contribution in [1.82, 2.24) is 5.16 Å². The molecule has 2 atom stereocenters. The summed E-state index contributed by atoms with van der Waals surface area (Å²) in [6, 6.07) is 15.0. The highest BCUT2D eigenvalue weighted by Crippen LogP contribution is 2.50. The van der Waals surface area contributed by atoms with Crippen LogP contribution in [-0.2, 0) is 4.79 Å². The summed E-state index contributed by atoms with van der Waals surface area (Å²) in [4.78, 5) is 13.5. The number of allylic oxidation sites excluding steroid dienone is 2. The molecule has 1 aliphatic heterocycles. The summed E-state index contributed by atoms with van der Waals surface area (Å²) in [5.74, 6) is 1.43. The number of nitrogens with one attached hydrogen (secondary N) is 1. The molecule has 0 saturated heterocycles. The van der Waals surface area contributed by atoms with Crippen molar-refractivity contribution in [3.63, 3.8) is 0 Å². The van der Waals surface area contributed by atoms with Crippen LogP contribution in [-0.4, -0.2) is 22.7 Å². The Morgan fingerprint density at radius 2 is 1.94 bits per heavy atom. The van der Waals surface area contributed by atoms with Crippen molar-refractivity contribution in [3.05, 3.63) is 82.2 Å². The van der Waals surface area contributed by atoms with Gasteiger partial charge in [0.15, 0.2) is 5.78 Å². The molecule has 2 aliphatic rings. The van der Waals surface area contributed by atoms with E-state index in [1.54, 1.807) is 12.1 Å². The summed E-state index contributed by atoms with van der Waals surface area (Å²) in [6.07, 6.45) is 1.09. The first-order chi connectivity index (χ1) is 15.1. The Labute approximate surface area is 180 Å². The SMILES string of the molecule is CCOc1ccccc1[C@H]1C2=C(C[C@H](c3ccc(O)cc3)CC2=O)Nc2onc(C)c21. The van der Waals surface area contributed by atoms with Gasteiger partial charge in [0.25, 0.3) is 0 Å². The van der Waals surface area contributed by atoms with Gasteiger partial charge in [-0.3, -0.25) is 4.79 Å². The number of benzene rings is 2. The van der Waals surface area contributed by atoms with Crippen LogP contribution < -0.4 is 10.1 Å². The lowest BCUT2D eigenvalue weighted by Gasteiger charge is -2.35. The number of phenols is 1. The lowest BCUT2D eigenvalue weighted by atomic mass is 9.72. The number of aryl methyl sites for hydroxylation is 1. The van der Waals surface area contributed by atoms with E-state index < -0.39 is 0 Å². The first-order valence-corrected chi connectivity index (χ1v) is 10.6. The summed E-state index contributed by atoms with van der Waals surface area (Å²) in [5.41, 5.74) is 5.27. The number of hydrogen-bond acceptors (Lipinski definition) is 6. The second kappa shape index (κ2) is 7.61. The van der Waals surface area contributed by atoms with E-state index in [0.717, 1.165) is 39.4 Å². The zero-order valence-electron chi connectivity index (χ0n) is 17.5. The van der Waals surface area contributed by atoms with Gasteiger partial charge in [-0.2, -0.15) is 0 Å². The molecule has 0 bridgehead atoms. The third-order valence-corrected chi connectivity index (χ3v) is 6.15. The van der Waals surface area contributed by atoms with Crippen molar-refractivity contribution in [2.75, 3.05) is 11.9 Å². The zero-order chi connectivity index (χ0) is 21.5. The molecule has 31 heavy (non-hydrogen) atoms. The van der Waals surface area contributed by atoms with Gasteiger partial charge in [-0.25, -0.2) is 0 Å². The monoisotopic (exact) mass is 416 g/mol. The van der Waals surface area contributed by atoms with Crippen LogP contribution >= 0.6 is 0 Å². The lowest BCUT2D eigenvalue weighted by molar-refractivity contribution is -0.116. The highest BCUT2D eigenvalue weighted by Gasteiger charge is 2.42. The standard InChI is InChI=1S/C25H24N2O4/c1-3-30-21-7-5-4-6-18(21)23-22-14(2)27-31-25(22)26-19-12-16(13-20(29)24(19)23)15-8-10-17(28)11-9-15/h4-11,16,23,26,28H,3,12-13H2,1-2H3/t16-,23+/m0/s1. The molecule has 0 fully saturated rings. The molecule has 5 rings (SSSR count). The topological polar surface area (TPSA) is 84.6 Å². The first-order valence-electron chi connectivity index (χ1n) is 10.6. The van der Waals surface area contributed by atoms with Gasteiger partial charge < -0.3 is 19.7 Å². The van der Waals surface area contributed by atoms with Crippen LogP contribution in [0, 0.1) is 6.92 Å². The van der Waals surface area contributed by atoms with E-state index in [-0.39, 0.29) is 23.4 Å². The minimum Gasteiger partial charge on any atom is -0.508 e. The number of para-hydroxylation sites is 1. The third-order valence-electron chi connectivity index (χ3n) is 6.15. The number of nitrogens with zero attached hydrogens (tertiary/aromatic N) is 1. The summed E-state index contributed by atoms with van der Waals surface area (Å²) in [5, 5.41) is 17.1. The maximum absolute atomic E-state index is 13.5. The normalized spacial score (nSPS) is 20.1. The minimum absolute atomic E-state index is 0.0349. The Morgan fingerprint density at radius 3 is 2.71 bits per heavy atom. The van der Waals surface area contributed by atoms with Gasteiger partial charge in [-0.05, 0) is 49.9 Å². The molecular weight excluding hydrogens is 392 g/mol. The smallest absolute Gasteiger partial charge is 0.233 e. The Hall–Kier alpha value is -3.54. The van der Waals surface area contributed by atoms with Crippen LogP contribution in [0.5, 0.6) is 11.5 Å². The minimum atomic E-state index is -0.284. The van der Waals surface area contributed by atoms with Gasteiger partial charge in [0.2, 0.25) is 5.88 Å². The number of ether oxygens (including phenoxy) is 1. The van der Waals surface area contributed by atoms with E-state index in [4.69, 9.17) is 9.26 Å². The second-order valence-corrected chi connectivity index (χ2v) is 8.05. The average Bonchev–Trinajstić information content (AvgIpc) is 3.14. The largest absolute Gasteiger partial charge is 0.508 e. The molecule has 3 aromatic rings. The third kappa shape index (κ3) is 3.28. The molecule has 2 aromatic carbocycles. The summed E-state index contributed by atoms with van der Waals surface area (Å²) >= 11 is 0. The predicted molar refractivity (Wildman–Crippen MR) is 116 cm³/mol. The molecule has 1 aromatic heterocycles. The number of rotatable bonds is 4. The van der Waals surface area contributed by atoms with E-state index in [1.807, 2.05) is 50.2 Å². The van der Waals surface area contributed by atoms with Gasteiger partial charge in [0.05, 0.1) is 23.8 Å². The number of ketones is 1. The molecule has 1 aliphatic carbocycles. The fraction of sp³-hybridized carbons (Fsp3) is 0.280. The Bertz CT molecular complexity index is 1180. The highest BCUT2D eigenvalue weighted by atomic mass is 16.5. The molecule has 0 radical (unpaired) electrons. The Morgan fingerprint density at radius 1 is 1.16 bits per heavy atom. The fourth-order valence-corrected chi connectivity index (χ4v) is 4.77. The molecule has 2 N–H and O–H groups in total. The van der Waals surface area contributed by atoms with Crippen LogP contribution in [0.25, 0.3) is 0 Å². The Balaban J connectivity index is 1.63. The number of Topliss-reactive ketones (excluding diaryl/α,β-unsaturated/α-hetero) is 1. The summed E-state index contributed by atoms with van der Waals surface area (Å²) in [6.45, 7) is 4.40. The maximum Gasteiger partial charge on any atom is 0.233 e. The van der Waals surface area contributed by atoms with Crippen LogP contribution in [0.15, 0.2) is 64.3 Å². The van der Waals surface area contributed by atoms with Crippen LogP contribution in [0.4, 0.5) is 5.88 Å². The second-order valence-electron chi connectivity index (χ2n) is 8.05. The van der Waals surface area contributed by atoms with Crippen LogP contribution in [0.3, 0.4) is 0 Å². The van der Waals surface area contributed by atoms with E-state index in [9.17, 15) is 9.90 Å². The summed E-state index contributed by atoms with van der Waals surface area (Å²) in [7, 11) is 0. The molecule has 2 heterocycles. The lowest BCUT2D eigenvalue weighted by Crippen LogP contribution is -2.29. The van der Waals surface area contributed by atoms with Crippen molar-refractivity contribution < 1.29 is 19.2 Å². The van der Waals surface area contributed by atoms with Gasteiger partial charge >= 0.3 is 0 Å². The van der Waals surface area contributed by atoms with Crippen molar-refractivity contribution in [1.29, 1.82) is 0 Å². The number of phenolic OH excluding ortho intramolecular Hbond substituents is 1. The molecule has 0 saturated carbocycles. The highest BCUT2D eigenvalue weighted by molar-refractivity contribution is 6.01. The molecule has 6 nitrogen and oxygen atoms in total. The van der Waals surface area contributed by atoms with E-state index >= 15 is 0 Å². The Kier molecular flexibility index (Phi) is 4.77. The van der Waals surface area contributed by atoms with Gasteiger partial charge in [0, 0.05) is 23.3 Å². The van der Waals surface area contributed by atoms with E-state index in [0.29, 0.717) is 25.3 Å². The number of hydrogen-bond donors (Lipinski definition) is 2. The molecule has 158 valence electrons. The number of fused-ring (bicyclic) bond motifs is 1. The predicted octanol–water partition coefficient (Wildman–Crippen LogP) is 5.05.